The first-order valence-corrected chi connectivity index (χ1v) is 13.8. The van der Waals surface area contributed by atoms with E-state index in [0.29, 0.717) is 25.0 Å². The van der Waals surface area contributed by atoms with Crippen LogP contribution < -0.4 is 19.5 Å². The van der Waals surface area contributed by atoms with E-state index in [0.717, 1.165) is 11.1 Å². The van der Waals surface area contributed by atoms with Gasteiger partial charge < -0.3 is 33.7 Å². The van der Waals surface area contributed by atoms with Gasteiger partial charge in [0.2, 0.25) is 5.75 Å². The predicted molar refractivity (Wildman–Crippen MR) is 150 cm³/mol. The van der Waals surface area contributed by atoms with E-state index in [1.54, 1.807) is 6.92 Å². The second-order valence-electron chi connectivity index (χ2n) is 10.0. The van der Waals surface area contributed by atoms with Crippen molar-refractivity contribution in [3.05, 3.63) is 47.3 Å². The summed E-state index contributed by atoms with van der Waals surface area (Å²) in [6, 6.07) is 6.03. The number of amides is 1. The molecular weight excluding hydrogens is 548 g/mol. The van der Waals surface area contributed by atoms with Gasteiger partial charge in [0.25, 0.3) is 5.91 Å². The van der Waals surface area contributed by atoms with Crippen LogP contribution in [-0.2, 0) is 23.8 Å². The zero-order valence-electron chi connectivity index (χ0n) is 24.8. The van der Waals surface area contributed by atoms with Gasteiger partial charge in [0.05, 0.1) is 13.7 Å². The molecule has 0 unspecified atom stereocenters. The molecule has 0 radical (unpaired) electrons. The van der Waals surface area contributed by atoms with Crippen molar-refractivity contribution in [3.63, 3.8) is 0 Å². The lowest BCUT2D eigenvalue weighted by Gasteiger charge is -2.31. The van der Waals surface area contributed by atoms with E-state index in [1.807, 2.05) is 39.0 Å². The number of benzene rings is 1. The average Bonchev–Trinajstić information content (AvgIpc) is 2.96. The zero-order valence-corrected chi connectivity index (χ0v) is 24.8. The van der Waals surface area contributed by atoms with Crippen LogP contribution in [0.5, 0.6) is 17.2 Å². The number of aryl methyl sites for hydroxylation is 2. The van der Waals surface area contributed by atoms with Crippen molar-refractivity contribution in [1.82, 2.24) is 10.3 Å². The maximum absolute atomic E-state index is 13.3. The second kappa shape index (κ2) is 15.0. The molecule has 12 heteroatoms. The van der Waals surface area contributed by atoms with E-state index >= 15 is 0 Å². The van der Waals surface area contributed by atoms with E-state index in [4.69, 9.17) is 28.4 Å². The number of ether oxygens (including phenoxy) is 6. The van der Waals surface area contributed by atoms with Gasteiger partial charge in [0.15, 0.2) is 17.5 Å². The Morgan fingerprint density at radius 3 is 2.48 bits per heavy atom. The van der Waals surface area contributed by atoms with E-state index < -0.39 is 48.4 Å². The zero-order chi connectivity index (χ0) is 30.8. The number of hydrogen-bond donors (Lipinski definition) is 1. The minimum atomic E-state index is -1.08. The summed E-state index contributed by atoms with van der Waals surface area (Å²) in [6.07, 6.45) is -0.667. The number of nitrogens with one attached hydrogen (secondary N) is 1. The number of carbonyl (C=O) groups excluding carboxylic acids is 4. The van der Waals surface area contributed by atoms with Gasteiger partial charge >= 0.3 is 18.1 Å². The first-order valence-electron chi connectivity index (χ1n) is 13.8. The quantitative estimate of drug-likeness (QED) is 0.421. The molecule has 1 amide bonds. The highest BCUT2D eigenvalue weighted by atomic mass is 16.7. The molecule has 42 heavy (non-hydrogen) atoms. The molecule has 1 aromatic carbocycles. The van der Waals surface area contributed by atoms with Crippen LogP contribution in [0.15, 0.2) is 30.5 Å². The lowest BCUT2D eigenvalue weighted by Crippen LogP contribution is -2.47. The Kier molecular flexibility index (Phi) is 11.5. The molecule has 0 bridgehead atoms. The summed E-state index contributed by atoms with van der Waals surface area (Å²) < 4.78 is 33.2. The normalized spacial score (nSPS) is 20.6. The maximum atomic E-state index is 13.3. The van der Waals surface area contributed by atoms with Gasteiger partial charge in [-0.15, -0.1) is 0 Å². The average molecular weight is 587 g/mol. The predicted octanol–water partition coefficient (Wildman–Crippen LogP) is 4.23. The number of methoxy groups -OCH3 is 1. The van der Waals surface area contributed by atoms with Crippen LogP contribution in [0.1, 0.15) is 68.1 Å². The fourth-order valence-corrected chi connectivity index (χ4v) is 4.59. The van der Waals surface area contributed by atoms with Gasteiger partial charge in [-0.3, -0.25) is 9.59 Å². The lowest BCUT2D eigenvalue weighted by atomic mass is 10.0. The molecule has 228 valence electrons. The second-order valence-corrected chi connectivity index (χ2v) is 10.0. The number of pyridine rings is 1. The Hall–Kier alpha value is -4.35. The lowest BCUT2D eigenvalue weighted by molar-refractivity contribution is -0.158. The number of rotatable bonds is 9. The molecule has 0 saturated carbocycles. The Bertz CT molecular complexity index is 1260. The van der Waals surface area contributed by atoms with Crippen molar-refractivity contribution in [3.8, 4) is 17.2 Å². The summed E-state index contributed by atoms with van der Waals surface area (Å²) in [7, 11) is 1.36. The standard InChI is InChI=1S/C30H38N2O10/c1-7-13-38-30(36)42-24-10-8-9-22(32-28(34)25-27(40-20(5)33)23(37-6)11-12-31-25)29(35)39-19(4)26(24)41-21-15-17(2)14-18(3)16-21/h11-12,14-16,19,22,24,26H,7-10,13H2,1-6H3,(H,32,34)/t19-,22-,24-,26-/m0/s1. The molecule has 1 aromatic heterocycles. The topological polar surface area (TPSA) is 149 Å². The highest BCUT2D eigenvalue weighted by Crippen LogP contribution is 2.30. The molecule has 3 rings (SSSR count). The molecule has 1 N–H and O–H groups in total. The first kappa shape index (κ1) is 32.2. The van der Waals surface area contributed by atoms with Crippen molar-refractivity contribution in [2.24, 2.45) is 0 Å². The third kappa shape index (κ3) is 8.82. The van der Waals surface area contributed by atoms with Gasteiger partial charge in [-0.1, -0.05) is 13.0 Å². The maximum Gasteiger partial charge on any atom is 0.508 e. The number of esters is 2. The third-order valence-corrected chi connectivity index (χ3v) is 6.39. The fraction of sp³-hybridized carbons (Fsp3) is 0.500. The van der Waals surface area contributed by atoms with E-state index in [2.05, 4.69) is 10.3 Å². The largest absolute Gasteiger partial charge is 0.508 e. The highest BCUT2D eigenvalue weighted by Gasteiger charge is 2.38. The number of aromatic nitrogens is 1. The molecule has 12 nitrogen and oxygen atoms in total. The molecule has 1 saturated heterocycles. The summed E-state index contributed by atoms with van der Waals surface area (Å²) in [6.45, 7) is 8.73. The van der Waals surface area contributed by atoms with E-state index in [9.17, 15) is 19.2 Å². The molecule has 0 aliphatic carbocycles. The number of carbonyl (C=O) groups is 4. The van der Waals surface area contributed by atoms with Gasteiger partial charge in [0, 0.05) is 19.2 Å². The van der Waals surface area contributed by atoms with Gasteiger partial charge in [-0.05, 0) is 69.7 Å². The summed E-state index contributed by atoms with van der Waals surface area (Å²) in [5.74, 6) is -1.67. The van der Waals surface area contributed by atoms with Crippen LogP contribution in [0.2, 0.25) is 0 Å². The van der Waals surface area contributed by atoms with Crippen LogP contribution in [-0.4, -0.2) is 67.1 Å². The molecule has 2 aromatic rings. The highest BCUT2D eigenvalue weighted by molar-refractivity contribution is 5.98. The van der Waals surface area contributed by atoms with Gasteiger partial charge in [0.1, 0.15) is 24.0 Å². The molecule has 4 atom stereocenters. The molecule has 2 heterocycles. The van der Waals surface area contributed by atoms with Crippen LogP contribution in [0, 0.1) is 13.8 Å². The molecule has 1 fully saturated rings. The Balaban J connectivity index is 1.86. The Labute approximate surface area is 245 Å². The van der Waals surface area contributed by atoms with Crippen molar-refractivity contribution < 1.29 is 47.6 Å². The molecule has 1 aliphatic heterocycles. The fourth-order valence-electron chi connectivity index (χ4n) is 4.59. The third-order valence-electron chi connectivity index (χ3n) is 6.39. The van der Waals surface area contributed by atoms with Crippen molar-refractivity contribution in [2.45, 2.75) is 84.7 Å². The van der Waals surface area contributed by atoms with Crippen LogP contribution in [0.4, 0.5) is 4.79 Å². The minimum absolute atomic E-state index is 0.123. The van der Waals surface area contributed by atoms with Crippen molar-refractivity contribution in [1.29, 1.82) is 0 Å². The Morgan fingerprint density at radius 1 is 1.12 bits per heavy atom. The van der Waals surface area contributed by atoms with Gasteiger partial charge in [-0.25, -0.2) is 14.6 Å². The number of cyclic esters (lactones) is 1. The van der Waals surface area contributed by atoms with E-state index in [1.165, 1.54) is 26.3 Å². The number of hydrogen-bond acceptors (Lipinski definition) is 11. The minimum Gasteiger partial charge on any atom is -0.493 e. The SMILES string of the molecule is CCCOC(=O)O[C@H]1CCC[C@H](NC(=O)c2nccc(OC)c2OC(C)=O)C(=O)O[C@@H](C)[C@@H]1Oc1cc(C)cc(C)c1. The van der Waals surface area contributed by atoms with Crippen molar-refractivity contribution >= 4 is 24.0 Å². The van der Waals surface area contributed by atoms with Crippen molar-refractivity contribution in [2.75, 3.05) is 13.7 Å². The summed E-state index contributed by atoms with van der Waals surface area (Å²) in [5.41, 5.74) is 1.71. The van der Waals surface area contributed by atoms with E-state index in [-0.39, 0.29) is 30.2 Å². The summed E-state index contributed by atoms with van der Waals surface area (Å²) in [5, 5.41) is 2.63. The summed E-state index contributed by atoms with van der Waals surface area (Å²) >= 11 is 0. The van der Waals surface area contributed by atoms with Crippen LogP contribution in [0.3, 0.4) is 0 Å². The van der Waals surface area contributed by atoms with Crippen LogP contribution >= 0.6 is 0 Å². The molecule has 1 aliphatic rings. The summed E-state index contributed by atoms with van der Waals surface area (Å²) in [4.78, 5) is 54.7. The number of nitrogens with zero attached hydrogens (tertiary/aromatic N) is 1. The molecule has 0 spiro atoms. The first-order chi connectivity index (χ1) is 20.0. The Morgan fingerprint density at radius 2 is 1.83 bits per heavy atom. The smallest absolute Gasteiger partial charge is 0.493 e. The van der Waals surface area contributed by atoms with Crippen LogP contribution in [0.25, 0.3) is 0 Å². The van der Waals surface area contributed by atoms with Gasteiger partial charge in [-0.2, -0.15) is 0 Å². The monoisotopic (exact) mass is 586 g/mol. The molecular formula is C30H38N2O10.